The molecule has 5 heteroatoms. The van der Waals surface area contributed by atoms with E-state index in [0.29, 0.717) is 17.9 Å². The van der Waals surface area contributed by atoms with Crippen LogP contribution < -0.4 is 4.74 Å². The topological polar surface area (TPSA) is 52.6 Å². The molecule has 0 saturated carbocycles. The standard InChI is InChI=1S/C12H11ClO4/c1-2-16-12(15)6-7-17-11-5-3-4-10(13)9(11)8-14/h3-8H,2H2,1H3. The van der Waals surface area contributed by atoms with Crippen LogP contribution in [0.1, 0.15) is 17.3 Å². The zero-order valence-electron chi connectivity index (χ0n) is 9.18. The van der Waals surface area contributed by atoms with Gasteiger partial charge in [-0.1, -0.05) is 17.7 Å². The molecule has 0 spiro atoms. The van der Waals surface area contributed by atoms with Crippen LogP contribution in [0.2, 0.25) is 5.02 Å². The van der Waals surface area contributed by atoms with E-state index in [0.717, 1.165) is 12.3 Å². The monoisotopic (exact) mass is 254 g/mol. The molecule has 0 aliphatic carbocycles. The predicted octanol–water partition coefficient (Wildman–Crippen LogP) is 2.61. The van der Waals surface area contributed by atoms with Crippen LogP contribution in [-0.2, 0) is 9.53 Å². The van der Waals surface area contributed by atoms with Gasteiger partial charge in [-0.05, 0) is 19.1 Å². The third-order valence-corrected chi connectivity index (χ3v) is 2.15. The molecular formula is C12H11ClO4. The molecule has 1 aromatic carbocycles. The van der Waals surface area contributed by atoms with Gasteiger partial charge in [-0.25, -0.2) is 4.79 Å². The maximum Gasteiger partial charge on any atom is 0.333 e. The molecular weight excluding hydrogens is 244 g/mol. The summed E-state index contributed by atoms with van der Waals surface area (Å²) in [6, 6.07) is 4.79. The van der Waals surface area contributed by atoms with Crippen LogP contribution in [0, 0.1) is 0 Å². The van der Waals surface area contributed by atoms with Crippen LogP contribution in [0.15, 0.2) is 30.5 Å². The summed E-state index contributed by atoms with van der Waals surface area (Å²) in [5.74, 6) is -0.227. The highest BCUT2D eigenvalue weighted by Crippen LogP contribution is 2.24. The Hall–Kier alpha value is -1.81. The van der Waals surface area contributed by atoms with Gasteiger partial charge in [0, 0.05) is 0 Å². The number of hydrogen-bond acceptors (Lipinski definition) is 4. The number of benzene rings is 1. The van der Waals surface area contributed by atoms with Crippen molar-refractivity contribution in [1.29, 1.82) is 0 Å². The Kier molecular flexibility index (Phi) is 5.23. The first-order valence-corrected chi connectivity index (χ1v) is 5.30. The maximum absolute atomic E-state index is 11.0. The van der Waals surface area contributed by atoms with Crippen LogP contribution in [0.5, 0.6) is 5.75 Å². The number of esters is 1. The van der Waals surface area contributed by atoms with E-state index >= 15 is 0 Å². The quantitative estimate of drug-likeness (QED) is 0.351. The number of carbonyl (C=O) groups is 2. The van der Waals surface area contributed by atoms with Crippen LogP contribution in [-0.4, -0.2) is 18.9 Å². The molecule has 0 radical (unpaired) electrons. The number of carbonyl (C=O) groups excluding carboxylic acids is 2. The minimum absolute atomic E-state index is 0.239. The zero-order valence-corrected chi connectivity index (χ0v) is 9.94. The maximum atomic E-state index is 11.0. The van der Waals surface area contributed by atoms with E-state index in [4.69, 9.17) is 16.3 Å². The summed E-state index contributed by atoms with van der Waals surface area (Å²) in [4.78, 5) is 21.7. The molecule has 0 unspecified atom stereocenters. The lowest BCUT2D eigenvalue weighted by atomic mass is 10.2. The third-order valence-electron chi connectivity index (χ3n) is 1.82. The van der Waals surface area contributed by atoms with E-state index in [-0.39, 0.29) is 11.3 Å². The molecule has 0 saturated heterocycles. The summed E-state index contributed by atoms with van der Waals surface area (Å²) in [5, 5.41) is 0.294. The summed E-state index contributed by atoms with van der Waals surface area (Å²) in [6.45, 7) is 1.99. The lowest BCUT2D eigenvalue weighted by molar-refractivity contribution is -0.137. The highest BCUT2D eigenvalue weighted by atomic mass is 35.5. The summed E-state index contributed by atoms with van der Waals surface area (Å²) in [7, 11) is 0. The highest BCUT2D eigenvalue weighted by molar-refractivity contribution is 6.33. The molecule has 17 heavy (non-hydrogen) atoms. The molecule has 0 aliphatic heterocycles. The van der Waals surface area contributed by atoms with Crippen LogP contribution >= 0.6 is 11.6 Å². The molecule has 1 rings (SSSR count). The van der Waals surface area contributed by atoms with Crippen molar-refractivity contribution in [3.05, 3.63) is 41.1 Å². The molecule has 0 bridgehead atoms. The Morgan fingerprint density at radius 1 is 1.47 bits per heavy atom. The third kappa shape index (κ3) is 3.92. The van der Waals surface area contributed by atoms with Gasteiger partial charge in [-0.3, -0.25) is 4.79 Å². The van der Waals surface area contributed by atoms with E-state index in [1.54, 1.807) is 25.1 Å². The fourth-order valence-corrected chi connectivity index (χ4v) is 1.30. The van der Waals surface area contributed by atoms with Gasteiger partial charge in [0.2, 0.25) is 0 Å². The van der Waals surface area contributed by atoms with Crippen LogP contribution in [0.4, 0.5) is 0 Å². The zero-order chi connectivity index (χ0) is 12.7. The van der Waals surface area contributed by atoms with Gasteiger partial charge in [0.05, 0.1) is 29.5 Å². The first-order valence-electron chi connectivity index (χ1n) is 4.92. The number of hydrogen-bond donors (Lipinski definition) is 0. The second-order valence-corrected chi connectivity index (χ2v) is 3.35. The van der Waals surface area contributed by atoms with E-state index in [1.165, 1.54) is 0 Å². The Balaban J connectivity index is 2.72. The average Bonchev–Trinajstić information content (AvgIpc) is 2.29. The first kappa shape index (κ1) is 13.3. The summed E-state index contributed by atoms with van der Waals surface area (Å²) in [6.07, 6.45) is 2.87. The smallest absolute Gasteiger partial charge is 0.333 e. The van der Waals surface area contributed by atoms with Gasteiger partial charge in [-0.2, -0.15) is 0 Å². The molecule has 0 N–H and O–H groups in total. The molecule has 0 aliphatic rings. The van der Waals surface area contributed by atoms with Gasteiger partial charge in [-0.15, -0.1) is 0 Å². The molecule has 0 atom stereocenters. The van der Waals surface area contributed by atoms with Crippen molar-refractivity contribution in [2.75, 3.05) is 6.61 Å². The highest BCUT2D eigenvalue weighted by Gasteiger charge is 2.06. The van der Waals surface area contributed by atoms with Crippen molar-refractivity contribution in [2.24, 2.45) is 0 Å². The van der Waals surface area contributed by atoms with E-state index in [2.05, 4.69) is 4.74 Å². The normalized spacial score (nSPS) is 10.2. The van der Waals surface area contributed by atoms with Gasteiger partial charge in [0.1, 0.15) is 5.75 Å². The largest absolute Gasteiger partial charge is 0.464 e. The van der Waals surface area contributed by atoms with Gasteiger partial charge >= 0.3 is 5.97 Å². The lowest BCUT2D eigenvalue weighted by Crippen LogP contribution is -2.00. The lowest BCUT2D eigenvalue weighted by Gasteiger charge is -2.04. The second kappa shape index (κ2) is 6.70. The second-order valence-electron chi connectivity index (χ2n) is 2.94. The molecule has 90 valence electrons. The van der Waals surface area contributed by atoms with Crippen LogP contribution in [0.3, 0.4) is 0 Å². The molecule has 0 heterocycles. The SMILES string of the molecule is CCOC(=O)C=COc1cccc(Cl)c1C=O. The van der Waals surface area contributed by atoms with E-state index in [9.17, 15) is 9.59 Å². The fourth-order valence-electron chi connectivity index (χ4n) is 1.09. The number of ether oxygens (including phenoxy) is 2. The minimum Gasteiger partial charge on any atom is -0.464 e. The molecule has 1 aromatic rings. The molecule has 4 nitrogen and oxygen atoms in total. The van der Waals surface area contributed by atoms with Crippen molar-refractivity contribution >= 4 is 23.9 Å². The van der Waals surface area contributed by atoms with E-state index < -0.39 is 5.97 Å². The number of aldehydes is 1. The van der Waals surface area contributed by atoms with Crippen molar-refractivity contribution in [3.8, 4) is 5.75 Å². The van der Waals surface area contributed by atoms with Crippen LogP contribution in [0.25, 0.3) is 0 Å². The van der Waals surface area contributed by atoms with Crippen molar-refractivity contribution in [3.63, 3.8) is 0 Å². The minimum atomic E-state index is -0.512. The van der Waals surface area contributed by atoms with E-state index in [1.807, 2.05) is 0 Å². The summed E-state index contributed by atoms with van der Waals surface area (Å²) < 4.78 is 9.79. The average molecular weight is 255 g/mol. The summed E-state index contributed by atoms with van der Waals surface area (Å²) >= 11 is 5.79. The van der Waals surface area contributed by atoms with Gasteiger partial charge < -0.3 is 9.47 Å². The fraction of sp³-hybridized carbons (Fsp3) is 0.167. The molecule has 0 amide bonds. The number of rotatable bonds is 5. The Morgan fingerprint density at radius 3 is 2.88 bits per heavy atom. The van der Waals surface area contributed by atoms with Crippen molar-refractivity contribution in [2.45, 2.75) is 6.92 Å². The molecule has 0 aromatic heterocycles. The van der Waals surface area contributed by atoms with Gasteiger partial charge in [0.15, 0.2) is 6.29 Å². The Morgan fingerprint density at radius 2 is 2.24 bits per heavy atom. The summed E-state index contributed by atoms with van der Waals surface area (Å²) in [5.41, 5.74) is 0.239. The number of halogens is 1. The molecule has 0 fully saturated rings. The van der Waals surface area contributed by atoms with Crippen molar-refractivity contribution in [1.82, 2.24) is 0 Å². The van der Waals surface area contributed by atoms with Gasteiger partial charge in [0.25, 0.3) is 0 Å². The predicted molar refractivity (Wildman–Crippen MR) is 63.2 cm³/mol. The Bertz CT molecular complexity index is 440. The Labute approximate surface area is 104 Å². The van der Waals surface area contributed by atoms with Crippen molar-refractivity contribution < 1.29 is 19.1 Å². The first-order chi connectivity index (χ1) is 8.19.